The van der Waals surface area contributed by atoms with Gasteiger partial charge in [-0.15, -0.1) is 0 Å². The van der Waals surface area contributed by atoms with Crippen LogP contribution in [0.3, 0.4) is 0 Å². The third-order valence-electron chi connectivity index (χ3n) is 18.3. The molecule has 4 aliphatic heterocycles. The minimum atomic E-state index is -0.203. The van der Waals surface area contributed by atoms with Gasteiger partial charge in [-0.2, -0.15) is 0 Å². The van der Waals surface area contributed by atoms with Crippen LogP contribution in [0.2, 0.25) is 0 Å². The minimum Gasteiger partial charge on any atom is -0.456 e. The molecular weight excluding hydrogens is 970 g/mol. The summed E-state index contributed by atoms with van der Waals surface area (Å²) in [4.78, 5) is 2.51. The molecule has 0 spiro atoms. The van der Waals surface area contributed by atoms with Crippen molar-refractivity contribution in [1.82, 2.24) is 4.57 Å². The fourth-order valence-corrected chi connectivity index (χ4v) is 13.8. The normalized spacial score (nSPS) is 13.9. The van der Waals surface area contributed by atoms with Crippen LogP contribution < -0.4 is 47.2 Å². The fraction of sp³-hybridized carbons (Fsp3) is 0.108. The lowest BCUT2D eigenvalue weighted by atomic mass is 9.31. The Balaban J connectivity index is 1.07. The van der Waals surface area contributed by atoms with Gasteiger partial charge in [0.2, 0.25) is 0 Å². The zero-order valence-corrected chi connectivity index (χ0v) is 45.4. The van der Waals surface area contributed by atoms with E-state index in [1.54, 1.807) is 0 Å². The Morgan fingerprint density at radius 3 is 1.41 bits per heavy atom. The molecule has 0 aliphatic carbocycles. The van der Waals surface area contributed by atoms with Gasteiger partial charge in [0.1, 0.15) is 23.0 Å². The van der Waals surface area contributed by atoms with E-state index in [0.29, 0.717) is 11.8 Å². The van der Waals surface area contributed by atoms with Crippen LogP contribution in [-0.4, -0.2) is 18.0 Å². The first kappa shape index (κ1) is 46.8. The van der Waals surface area contributed by atoms with E-state index in [1.165, 1.54) is 93.8 Å². The summed E-state index contributed by atoms with van der Waals surface area (Å²) in [5, 5.41) is 2.43. The van der Waals surface area contributed by atoms with E-state index in [9.17, 15) is 0 Å². The Bertz CT molecular complexity index is 4480. The van der Waals surface area contributed by atoms with Crippen molar-refractivity contribution < 1.29 is 9.47 Å². The highest BCUT2D eigenvalue weighted by molar-refractivity contribution is 7.02. The number of benzene rings is 11. The van der Waals surface area contributed by atoms with Crippen LogP contribution in [0.15, 0.2) is 231 Å². The molecule has 1 aromatic heterocycles. The van der Waals surface area contributed by atoms with Gasteiger partial charge >= 0.3 is 0 Å². The summed E-state index contributed by atoms with van der Waals surface area (Å²) >= 11 is 0. The predicted molar refractivity (Wildman–Crippen MR) is 337 cm³/mol. The van der Waals surface area contributed by atoms with Gasteiger partial charge in [-0.3, -0.25) is 0 Å². The minimum absolute atomic E-state index is 0.201. The molecule has 12 aromatic rings. The molecule has 0 fully saturated rings. The Hall–Kier alpha value is -9.25. The van der Waals surface area contributed by atoms with Crippen molar-refractivity contribution in [3.8, 4) is 73.2 Å². The molecule has 4 nitrogen and oxygen atoms in total. The second-order valence-corrected chi connectivity index (χ2v) is 22.6. The molecule has 0 amide bonds. The van der Waals surface area contributed by atoms with Crippen molar-refractivity contribution in [2.24, 2.45) is 0 Å². The Labute approximate surface area is 468 Å². The lowest BCUT2D eigenvalue weighted by molar-refractivity contribution is 0.474. The van der Waals surface area contributed by atoms with Gasteiger partial charge in [-0.05, 0) is 151 Å². The van der Waals surface area contributed by atoms with Crippen LogP contribution in [0.1, 0.15) is 63.5 Å². The predicted octanol–water partition coefficient (Wildman–Crippen LogP) is 15.8. The zero-order chi connectivity index (χ0) is 53.3. The van der Waals surface area contributed by atoms with E-state index in [-0.39, 0.29) is 13.4 Å². The molecule has 0 radical (unpaired) electrons. The van der Waals surface area contributed by atoms with Crippen LogP contribution in [0.5, 0.6) is 23.0 Å². The molecule has 5 heterocycles. The molecule has 11 aromatic carbocycles. The average Bonchev–Trinajstić information content (AvgIpc) is 4.04. The second-order valence-electron chi connectivity index (χ2n) is 22.6. The van der Waals surface area contributed by atoms with E-state index >= 15 is 0 Å². The van der Waals surface area contributed by atoms with Crippen LogP contribution >= 0.6 is 0 Å². The molecule has 4 aliphatic rings. The molecule has 2 unspecified atom stereocenters. The summed E-state index contributed by atoms with van der Waals surface area (Å²) < 4.78 is 18.3. The average molecular weight is 1030 g/mol. The monoisotopic (exact) mass is 1030 g/mol. The molecule has 6 heteroatoms. The summed E-state index contributed by atoms with van der Waals surface area (Å²) in [5.41, 5.74) is 25.8. The Morgan fingerprint density at radius 2 is 0.838 bits per heavy atom. The second kappa shape index (κ2) is 18.2. The number of fused-ring (bicyclic) bond motifs is 13. The van der Waals surface area contributed by atoms with Crippen LogP contribution in [-0.2, 0) is 0 Å². The van der Waals surface area contributed by atoms with Crippen LogP contribution in [0, 0.1) is 0 Å². The largest absolute Gasteiger partial charge is 0.456 e. The summed E-state index contributed by atoms with van der Waals surface area (Å²) in [7, 11) is 0. The molecule has 380 valence electrons. The summed E-state index contributed by atoms with van der Waals surface area (Å²) in [6.07, 6.45) is 2.07. The highest BCUT2D eigenvalue weighted by Crippen LogP contribution is 2.52. The summed E-state index contributed by atoms with van der Waals surface area (Å²) in [6.45, 7) is 8.87. The van der Waals surface area contributed by atoms with Crippen LogP contribution in [0.4, 0.5) is 17.1 Å². The zero-order valence-electron chi connectivity index (χ0n) is 45.4. The molecule has 0 saturated heterocycles. The highest BCUT2D eigenvalue weighted by Gasteiger charge is 2.51. The van der Waals surface area contributed by atoms with E-state index in [2.05, 4.69) is 268 Å². The number of anilines is 3. The quantitative estimate of drug-likeness (QED) is 0.135. The summed E-state index contributed by atoms with van der Waals surface area (Å²) in [5.74, 6) is 4.27. The summed E-state index contributed by atoms with van der Waals surface area (Å²) in [6, 6.07) is 85.7. The van der Waals surface area contributed by atoms with Gasteiger partial charge in [0.05, 0.1) is 16.9 Å². The molecule has 80 heavy (non-hydrogen) atoms. The van der Waals surface area contributed by atoms with Crippen molar-refractivity contribution in [2.45, 2.75) is 52.4 Å². The lowest BCUT2D eigenvalue weighted by Crippen LogP contribution is -2.63. The van der Waals surface area contributed by atoms with E-state index < -0.39 is 0 Å². The first-order valence-corrected chi connectivity index (χ1v) is 28.7. The van der Waals surface area contributed by atoms with Crippen LogP contribution in [0.25, 0.3) is 72.0 Å². The molecule has 0 bridgehead atoms. The fourth-order valence-electron chi connectivity index (χ4n) is 13.8. The van der Waals surface area contributed by atoms with Gasteiger partial charge in [-0.25, -0.2) is 0 Å². The van der Waals surface area contributed by atoms with Crippen molar-refractivity contribution >= 4 is 85.1 Å². The third-order valence-corrected chi connectivity index (χ3v) is 18.3. The molecule has 0 N–H and O–H groups in total. The van der Waals surface area contributed by atoms with Crippen molar-refractivity contribution in [1.29, 1.82) is 0 Å². The number of rotatable bonds is 9. The van der Waals surface area contributed by atoms with E-state index in [0.717, 1.165) is 75.0 Å². The number of hydrogen-bond donors (Lipinski definition) is 0. The maximum absolute atomic E-state index is 7.87. The molecule has 2 atom stereocenters. The first-order chi connectivity index (χ1) is 39.4. The van der Waals surface area contributed by atoms with Gasteiger partial charge in [-0.1, -0.05) is 210 Å². The van der Waals surface area contributed by atoms with Gasteiger partial charge < -0.3 is 18.9 Å². The maximum atomic E-state index is 7.87. The SMILES string of the molecule is CCC(C)c1ccc2c(c1)B1c3cc(-c4ccccc4)ccc3N(c3ccc(-c4ccccc4)cc3)c3c4c5c(c(c31)O2)-n1c2ccc(-c3ccccc3)cc2c2cc(-c3ccccc3)cc(c21)B5c1cc(C(C)CC)ccc1O4. The topological polar surface area (TPSA) is 26.6 Å². The number of nitrogens with zero attached hydrogens (tertiary/aromatic N) is 2. The van der Waals surface area contributed by atoms with E-state index in [4.69, 9.17) is 9.47 Å². The Morgan fingerprint density at radius 1 is 0.388 bits per heavy atom. The molecular formula is C74H56B2N2O2. The smallest absolute Gasteiger partial charge is 0.256 e. The van der Waals surface area contributed by atoms with Gasteiger partial charge in [0.15, 0.2) is 0 Å². The number of ether oxygens (including phenoxy) is 2. The molecule has 0 saturated carbocycles. The maximum Gasteiger partial charge on any atom is 0.256 e. The first-order valence-electron chi connectivity index (χ1n) is 28.7. The molecule has 16 rings (SSSR count). The standard InChI is InChI=1S/C74H56B2N2O2/c1-5-45(3)52-31-37-66-61(41-52)75-60-43-55(49-23-15-9-16-24-49)30-36-65(60)77(57-33-27-51(28-34-57)47-19-11-7-12-20-47)71-68(75)74(80-66)72-69-73(71)79-67-38-32-53(46(4)6-2)42-62(67)76(69)63-44-56(50-25-17-10-18-26-50)40-59-58-39-54(48-21-13-8-14-22-48)29-35-64(58)78(72)70(59)63/h7-46H,5-6H2,1-4H3. The van der Waals surface area contributed by atoms with E-state index in [1.807, 2.05) is 0 Å². The van der Waals surface area contributed by atoms with Crippen molar-refractivity contribution in [3.63, 3.8) is 0 Å². The Kier molecular flexibility index (Phi) is 10.6. The van der Waals surface area contributed by atoms with Gasteiger partial charge in [0.25, 0.3) is 13.4 Å². The highest BCUT2D eigenvalue weighted by atomic mass is 16.5. The van der Waals surface area contributed by atoms with Gasteiger partial charge in [0, 0.05) is 38.6 Å². The third kappa shape index (κ3) is 6.97. The van der Waals surface area contributed by atoms with Crippen molar-refractivity contribution in [3.05, 3.63) is 242 Å². The van der Waals surface area contributed by atoms with Crippen molar-refractivity contribution in [2.75, 3.05) is 4.90 Å². The number of aromatic nitrogens is 1. The lowest BCUT2D eigenvalue weighted by Gasteiger charge is -2.45. The number of hydrogen-bond acceptors (Lipinski definition) is 3.